The molecule has 4 heterocycles. The van der Waals surface area contributed by atoms with E-state index in [-0.39, 0.29) is 54.8 Å². The molecule has 2 N–H and O–H groups in total. The first-order valence-corrected chi connectivity index (χ1v) is 15.1. The fourth-order valence-corrected chi connectivity index (χ4v) is 6.10. The highest BCUT2D eigenvalue weighted by Crippen LogP contribution is 2.41. The quantitative estimate of drug-likeness (QED) is 0.164. The maximum Gasteiger partial charge on any atom is 0.416 e. The Labute approximate surface area is 273 Å². The third-order valence-electron chi connectivity index (χ3n) is 8.26. The van der Waals surface area contributed by atoms with Crippen LogP contribution in [0.3, 0.4) is 0 Å². The number of nitrogens with zero attached hydrogens (tertiary/aromatic N) is 6. The van der Waals surface area contributed by atoms with Crippen LogP contribution in [0.25, 0.3) is 0 Å². The fraction of sp³-hybridized carbons (Fsp3) is 0.484. The van der Waals surface area contributed by atoms with Crippen molar-refractivity contribution in [1.82, 2.24) is 15.2 Å². The standard InChI is InChI=1S/C31H35F4N7O6/c1-16-9-19(31(33,34)35)11-22(36-16)42-24(44)10-17-12-40(26-20(32)7-6-8-21(26)39(5)28(45)25(17)42)15-23(43)37-27(38-47)18-13-41(14-18)29(46)48-30(2,3)4/h6-9,11,17-18,25,47H,10,12-15H2,1-5H3,(H,37,38,43)/t17-,25+/m1/s1. The molecule has 2 aromatic rings. The number of hydrogen-bond acceptors (Lipinski definition) is 9. The van der Waals surface area contributed by atoms with Crippen LogP contribution in [-0.2, 0) is 25.3 Å². The highest BCUT2D eigenvalue weighted by atomic mass is 19.4. The van der Waals surface area contributed by atoms with Gasteiger partial charge in [-0.15, -0.1) is 0 Å². The predicted octanol–water partition coefficient (Wildman–Crippen LogP) is 3.52. The van der Waals surface area contributed by atoms with Crippen molar-refractivity contribution in [3.05, 3.63) is 47.4 Å². The minimum absolute atomic E-state index is 0.0181. The van der Waals surface area contributed by atoms with Gasteiger partial charge >= 0.3 is 12.3 Å². The minimum atomic E-state index is -4.74. The molecular formula is C31H35F4N7O6. The third kappa shape index (κ3) is 6.85. The number of likely N-dealkylation sites (tertiary alicyclic amines) is 1. The van der Waals surface area contributed by atoms with Crippen molar-refractivity contribution < 1.29 is 46.7 Å². The van der Waals surface area contributed by atoms with Crippen LogP contribution in [0.1, 0.15) is 38.4 Å². The van der Waals surface area contributed by atoms with Crippen molar-refractivity contribution in [2.75, 3.05) is 47.9 Å². The summed E-state index contributed by atoms with van der Waals surface area (Å²) in [5, 5.41) is 15.3. The van der Waals surface area contributed by atoms with Crippen molar-refractivity contribution in [3.63, 3.8) is 0 Å². The van der Waals surface area contributed by atoms with Gasteiger partial charge in [0.05, 0.1) is 29.4 Å². The number of likely N-dealkylation sites (N-methyl/N-ethyl adjacent to an activating group) is 1. The van der Waals surface area contributed by atoms with Crippen LogP contribution >= 0.6 is 0 Å². The number of pyridine rings is 1. The fourth-order valence-electron chi connectivity index (χ4n) is 6.10. The third-order valence-corrected chi connectivity index (χ3v) is 8.26. The topological polar surface area (TPSA) is 148 Å². The molecule has 1 aromatic heterocycles. The van der Waals surface area contributed by atoms with Crippen molar-refractivity contribution in [2.24, 2.45) is 17.0 Å². The number of fused-ring (bicyclic) bond motifs is 2. The van der Waals surface area contributed by atoms with E-state index in [2.05, 4.69) is 15.5 Å². The summed E-state index contributed by atoms with van der Waals surface area (Å²) >= 11 is 0. The van der Waals surface area contributed by atoms with E-state index < -0.39 is 71.4 Å². The van der Waals surface area contributed by atoms with E-state index in [9.17, 15) is 37.6 Å². The van der Waals surface area contributed by atoms with Crippen molar-refractivity contribution in [3.8, 4) is 0 Å². The number of halogens is 4. The molecule has 0 spiro atoms. The first kappa shape index (κ1) is 34.4. The minimum Gasteiger partial charge on any atom is -0.444 e. The van der Waals surface area contributed by atoms with Crippen LogP contribution < -0.4 is 20.0 Å². The lowest BCUT2D eigenvalue weighted by atomic mass is 9.95. The number of aromatic nitrogens is 1. The first-order chi connectivity index (χ1) is 22.4. The summed E-state index contributed by atoms with van der Waals surface area (Å²) in [7, 11) is 1.34. The van der Waals surface area contributed by atoms with Crippen LogP contribution in [0.2, 0.25) is 0 Å². The van der Waals surface area contributed by atoms with Gasteiger partial charge in [-0.3, -0.25) is 19.3 Å². The molecule has 258 valence electrons. The summed E-state index contributed by atoms with van der Waals surface area (Å²) in [5.74, 6) is -4.72. The molecule has 0 radical (unpaired) electrons. The van der Waals surface area contributed by atoms with E-state index in [0.29, 0.717) is 6.07 Å². The molecule has 1 aromatic carbocycles. The summed E-state index contributed by atoms with van der Waals surface area (Å²) in [6.07, 6.45) is -5.61. The van der Waals surface area contributed by atoms with Crippen molar-refractivity contribution in [1.29, 1.82) is 0 Å². The Hall–Kier alpha value is -4.96. The zero-order valence-electron chi connectivity index (χ0n) is 26.8. The van der Waals surface area contributed by atoms with Crippen molar-refractivity contribution in [2.45, 2.75) is 51.9 Å². The zero-order chi connectivity index (χ0) is 35.3. The second kappa shape index (κ2) is 12.6. The number of nitrogens with one attached hydrogen (secondary N) is 1. The molecule has 0 saturated carbocycles. The molecule has 2 saturated heterocycles. The van der Waals surface area contributed by atoms with Crippen LogP contribution in [0.5, 0.6) is 0 Å². The average Bonchev–Trinajstić information content (AvgIpc) is 3.27. The number of aryl methyl sites for hydroxylation is 1. The summed E-state index contributed by atoms with van der Waals surface area (Å²) in [5.41, 5.74) is -1.83. The molecule has 0 bridgehead atoms. The highest BCUT2D eigenvalue weighted by molar-refractivity contribution is 6.10. The van der Waals surface area contributed by atoms with Gasteiger partial charge in [-0.25, -0.2) is 14.2 Å². The molecule has 2 atom stereocenters. The van der Waals surface area contributed by atoms with Gasteiger partial charge in [0.1, 0.15) is 23.3 Å². The van der Waals surface area contributed by atoms with E-state index in [4.69, 9.17) is 4.74 Å². The van der Waals surface area contributed by atoms with Crippen LogP contribution in [-0.4, -0.2) is 89.6 Å². The van der Waals surface area contributed by atoms with E-state index in [1.807, 2.05) is 0 Å². The summed E-state index contributed by atoms with van der Waals surface area (Å²) in [6, 6.07) is 4.16. The smallest absolute Gasteiger partial charge is 0.416 e. The Bertz CT molecular complexity index is 1670. The number of ether oxygens (including phenoxy) is 1. The number of amidine groups is 1. The Balaban J connectivity index is 1.41. The van der Waals surface area contributed by atoms with Gasteiger partial charge < -0.3 is 30.0 Å². The van der Waals surface area contributed by atoms with Gasteiger partial charge in [-0.1, -0.05) is 11.2 Å². The van der Waals surface area contributed by atoms with Crippen molar-refractivity contribution >= 4 is 46.8 Å². The number of carbonyl (C=O) groups is 4. The van der Waals surface area contributed by atoms with E-state index in [0.717, 1.165) is 21.9 Å². The number of anilines is 3. The number of rotatable bonds is 4. The molecule has 3 aliphatic heterocycles. The average molecular weight is 678 g/mol. The van der Waals surface area contributed by atoms with Crippen LogP contribution in [0.15, 0.2) is 35.5 Å². The maximum absolute atomic E-state index is 15.5. The molecule has 4 amide bonds. The van der Waals surface area contributed by atoms with Gasteiger partial charge in [-0.05, 0) is 52.0 Å². The number of hydrogen-bond donors (Lipinski definition) is 2. The van der Waals surface area contributed by atoms with Crippen LogP contribution in [0, 0.1) is 24.6 Å². The number of alkyl halides is 3. The van der Waals surface area contributed by atoms with Gasteiger partial charge in [0.15, 0.2) is 5.84 Å². The van der Waals surface area contributed by atoms with Gasteiger partial charge in [0, 0.05) is 44.7 Å². The largest absolute Gasteiger partial charge is 0.444 e. The SMILES string of the molecule is Cc1cc(C(F)(F)F)cc(N2C(=O)C[C@@H]3CN(CC(=O)NC(=NO)C4CN(C(=O)OC(C)(C)C)C4)c4c(F)cccc4N(C)C(=O)[C@H]32)n1. The maximum atomic E-state index is 15.5. The molecule has 13 nitrogen and oxygen atoms in total. The lowest BCUT2D eigenvalue weighted by Crippen LogP contribution is -2.58. The Morgan fingerprint density at radius 1 is 1.12 bits per heavy atom. The molecule has 3 aliphatic rings. The molecule has 0 unspecified atom stereocenters. The number of oxime groups is 1. The van der Waals surface area contributed by atoms with E-state index in [1.165, 1.54) is 35.9 Å². The van der Waals surface area contributed by atoms with E-state index >= 15 is 4.39 Å². The molecule has 0 aliphatic carbocycles. The highest BCUT2D eigenvalue weighted by Gasteiger charge is 2.50. The Kier molecular flexibility index (Phi) is 9.01. The number of para-hydroxylation sites is 1. The summed E-state index contributed by atoms with van der Waals surface area (Å²) in [6.45, 7) is 5.96. The predicted molar refractivity (Wildman–Crippen MR) is 164 cm³/mol. The zero-order valence-corrected chi connectivity index (χ0v) is 26.8. The second-order valence-corrected chi connectivity index (χ2v) is 13.0. The van der Waals surface area contributed by atoms with E-state index in [1.54, 1.807) is 20.8 Å². The molecule has 48 heavy (non-hydrogen) atoms. The molecule has 5 rings (SSSR count). The Morgan fingerprint density at radius 3 is 2.44 bits per heavy atom. The van der Waals surface area contributed by atoms with Gasteiger partial charge in [0.25, 0.3) is 0 Å². The summed E-state index contributed by atoms with van der Waals surface area (Å²) < 4.78 is 61.8. The number of amides is 4. The molecular weight excluding hydrogens is 642 g/mol. The van der Waals surface area contributed by atoms with Crippen LogP contribution in [0.4, 0.5) is 39.5 Å². The lowest BCUT2D eigenvalue weighted by molar-refractivity contribution is -0.137. The lowest BCUT2D eigenvalue weighted by Gasteiger charge is -2.40. The number of benzene rings is 1. The van der Waals surface area contributed by atoms with Gasteiger partial charge in [0.2, 0.25) is 17.7 Å². The molecule has 17 heteroatoms. The first-order valence-electron chi connectivity index (χ1n) is 15.1. The summed E-state index contributed by atoms with van der Waals surface area (Å²) in [4.78, 5) is 61.9. The Morgan fingerprint density at radius 2 is 1.81 bits per heavy atom. The monoisotopic (exact) mass is 677 g/mol. The number of carbonyl (C=O) groups excluding carboxylic acids is 4. The van der Waals surface area contributed by atoms with Gasteiger partial charge in [-0.2, -0.15) is 13.2 Å². The normalized spacial score (nSPS) is 20.6. The second-order valence-electron chi connectivity index (χ2n) is 13.0. The molecule has 2 fully saturated rings.